The number of amides is 2. The third kappa shape index (κ3) is 7.38. The largest absolute Gasteiger partial charge is 0.495 e. The number of aryl methyl sites for hydroxylation is 1. The van der Waals surface area contributed by atoms with Crippen LogP contribution in [-0.4, -0.2) is 50.9 Å². The molecule has 3 aromatic carbocycles. The number of hydrogen-bond donors (Lipinski definition) is 1. The Labute approximate surface area is 231 Å². The van der Waals surface area contributed by atoms with Gasteiger partial charge in [-0.2, -0.15) is 0 Å². The van der Waals surface area contributed by atoms with Crippen LogP contribution in [0, 0.1) is 6.92 Å². The normalized spacial score (nSPS) is 12.1. The van der Waals surface area contributed by atoms with Crippen molar-refractivity contribution in [3.8, 4) is 5.75 Å². The minimum Gasteiger partial charge on any atom is -0.495 e. The van der Waals surface area contributed by atoms with Crippen molar-refractivity contribution in [2.24, 2.45) is 0 Å². The molecule has 1 N–H and O–H groups in total. The standard InChI is InChI=1S/C30H37N3O5S/c1-6-26(30(35)31-22(2)3)32(20-24-12-8-7-9-13-24)29(34)21-33(27-14-10-11-15-28(27)38-5)39(36,37)25-18-16-23(4)17-19-25/h7-19,22,26H,6,20-21H2,1-5H3,(H,31,35)/t26-/m1/s1. The molecule has 3 aromatic rings. The topological polar surface area (TPSA) is 96.0 Å². The highest BCUT2D eigenvalue weighted by Crippen LogP contribution is 2.32. The minimum absolute atomic E-state index is 0.0472. The van der Waals surface area contributed by atoms with E-state index in [4.69, 9.17) is 4.74 Å². The summed E-state index contributed by atoms with van der Waals surface area (Å²) in [6, 6.07) is 21.5. The van der Waals surface area contributed by atoms with Crippen LogP contribution < -0.4 is 14.4 Å². The van der Waals surface area contributed by atoms with Crippen molar-refractivity contribution in [2.45, 2.75) is 57.6 Å². The van der Waals surface area contributed by atoms with Crippen molar-refractivity contribution in [3.05, 3.63) is 90.0 Å². The Hall–Kier alpha value is -3.85. The fraction of sp³-hybridized carbons (Fsp3) is 0.333. The van der Waals surface area contributed by atoms with Crippen molar-refractivity contribution < 1.29 is 22.7 Å². The second kappa shape index (κ2) is 13.3. The van der Waals surface area contributed by atoms with Gasteiger partial charge in [0.25, 0.3) is 10.0 Å². The van der Waals surface area contributed by atoms with Gasteiger partial charge in [-0.05, 0) is 57.0 Å². The first-order valence-electron chi connectivity index (χ1n) is 12.9. The molecule has 0 radical (unpaired) electrons. The summed E-state index contributed by atoms with van der Waals surface area (Å²) in [6.45, 7) is 7.03. The van der Waals surface area contributed by atoms with Gasteiger partial charge in [-0.25, -0.2) is 8.42 Å². The molecule has 39 heavy (non-hydrogen) atoms. The molecule has 2 amide bonds. The number of methoxy groups -OCH3 is 1. The number of anilines is 1. The minimum atomic E-state index is -4.17. The first-order chi connectivity index (χ1) is 18.6. The SMILES string of the molecule is CC[C@H](C(=O)NC(C)C)N(Cc1ccccc1)C(=O)CN(c1ccccc1OC)S(=O)(=O)c1ccc(C)cc1. The molecule has 0 unspecified atom stereocenters. The van der Waals surface area contributed by atoms with Crippen LogP contribution in [0.5, 0.6) is 5.75 Å². The summed E-state index contributed by atoms with van der Waals surface area (Å²) in [5.74, 6) is -0.492. The Kier molecular flexibility index (Phi) is 10.1. The fourth-order valence-corrected chi connectivity index (χ4v) is 5.69. The molecule has 0 aromatic heterocycles. The van der Waals surface area contributed by atoms with Crippen LogP contribution in [-0.2, 0) is 26.2 Å². The number of nitrogens with one attached hydrogen (secondary N) is 1. The third-order valence-electron chi connectivity index (χ3n) is 6.25. The van der Waals surface area contributed by atoms with Crippen LogP contribution >= 0.6 is 0 Å². The van der Waals surface area contributed by atoms with Gasteiger partial charge in [-0.1, -0.05) is 67.1 Å². The van der Waals surface area contributed by atoms with E-state index in [1.807, 2.05) is 58.0 Å². The number of rotatable bonds is 12. The molecule has 8 nitrogen and oxygen atoms in total. The highest BCUT2D eigenvalue weighted by molar-refractivity contribution is 7.92. The first kappa shape index (κ1) is 29.7. The average Bonchev–Trinajstić information content (AvgIpc) is 2.91. The second-order valence-electron chi connectivity index (χ2n) is 9.59. The third-order valence-corrected chi connectivity index (χ3v) is 8.03. The lowest BCUT2D eigenvalue weighted by Gasteiger charge is -2.33. The quantitative estimate of drug-likeness (QED) is 0.357. The predicted molar refractivity (Wildman–Crippen MR) is 153 cm³/mol. The Morgan fingerprint density at radius 2 is 1.54 bits per heavy atom. The smallest absolute Gasteiger partial charge is 0.264 e. The van der Waals surface area contributed by atoms with E-state index in [-0.39, 0.29) is 29.1 Å². The zero-order valence-electron chi connectivity index (χ0n) is 23.1. The van der Waals surface area contributed by atoms with Gasteiger partial charge in [0, 0.05) is 12.6 Å². The van der Waals surface area contributed by atoms with Crippen LogP contribution in [0.15, 0.2) is 83.8 Å². The van der Waals surface area contributed by atoms with Crippen molar-refractivity contribution >= 4 is 27.5 Å². The molecule has 0 saturated carbocycles. The van der Waals surface area contributed by atoms with Crippen molar-refractivity contribution in [2.75, 3.05) is 18.0 Å². The summed E-state index contributed by atoms with van der Waals surface area (Å²) in [7, 11) is -2.72. The number of carbonyl (C=O) groups excluding carboxylic acids is 2. The Balaban J connectivity index is 2.09. The number of sulfonamides is 1. The zero-order valence-corrected chi connectivity index (χ0v) is 23.9. The van der Waals surface area contributed by atoms with Crippen molar-refractivity contribution in [1.29, 1.82) is 0 Å². The van der Waals surface area contributed by atoms with E-state index < -0.39 is 28.5 Å². The molecule has 0 aliphatic carbocycles. The molecular weight excluding hydrogens is 514 g/mol. The van der Waals surface area contributed by atoms with Crippen molar-refractivity contribution in [3.63, 3.8) is 0 Å². The molecule has 9 heteroatoms. The van der Waals surface area contributed by atoms with Gasteiger partial charge in [0.1, 0.15) is 18.3 Å². The van der Waals surface area contributed by atoms with Gasteiger partial charge in [0.05, 0.1) is 17.7 Å². The lowest BCUT2D eigenvalue weighted by molar-refractivity contribution is -0.140. The number of ether oxygens (including phenoxy) is 1. The maximum absolute atomic E-state index is 14.1. The molecule has 0 heterocycles. The number of para-hydroxylation sites is 2. The molecule has 0 aliphatic heterocycles. The van der Waals surface area contributed by atoms with Crippen molar-refractivity contribution in [1.82, 2.24) is 10.2 Å². The van der Waals surface area contributed by atoms with Gasteiger partial charge in [-0.3, -0.25) is 13.9 Å². The van der Waals surface area contributed by atoms with E-state index in [9.17, 15) is 18.0 Å². The van der Waals surface area contributed by atoms with Gasteiger partial charge < -0.3 is 15.0 Å². The Morgan fingerprint density at radius 1 is 0.923 bits per heavy atom. The van der Waals surface area contributed by atoms with Crippen LogP contribution in [0.25, 0.3) is 0 Å². The summed E-state index contributed by atoms with van der Waals surface area (Å²) in [4.78, 5) is 28.7. The average molecular weight is 552 g/mol. The number of nitrogens with zero attached hydrogens (tertiary/aromatic N) is 2. The summed E-state index contributed by atoms with van der Waals surface area (Å²) in [5, 5.41) is 2.89. The monoisotopic (exact) mass is 551 g/mol. The van der Waals surface area contributed by atoms with Crippen LogP contribution in [0.2, 0.25) is 0 Å². The van der Waals surface area contributed by atoms with Crippen LogP contribution in [0.4, 0.5) is 5.69 Å². The predicted octanol–water partition coefficient (Wildman–Crippen LogP) is 4.53. The summed E-state index contributed by atoms with van der Waals surface area (Å²) in [5.41, 5.74) is 1.96. The molecular formula is C30H37N3O5S. The van der Waals surface area contributed by atoms with Crippen LogP contribution in [0.1, 0.15) is 38.3 Å². The van der Waals surface area contributed by atoms with Gasteiger partial charge in [0.15, 0.2) is 0 Å². The summed E-state index contributed by atoms with van der Waals surface area (Å²) < 4.78 is 34.5. The second-order valence-corrected chi connectivity index (χ2v) is 11.5. The highest BCUT2D eigenvalue weighted by Gasteiger charge is 2.34. The summed E-state index contributed by atoms with van der Waals surface area (Å²) in [6.07, 6.45) is 0.358. The summed E-state index contributed by atoms with van der Waals surface area (Å²) >= 11 is 0. The lowest BCUT2D eigenvalue weighted by atomic mass is 10.1. The first-order valence-corrected chi connectivity index (χ1v) is 14.4. The maximum Gasteiger partial charge on any atom is 0.264 e. The van der Waals surface area contributed by atoms with E-state index in [0.29, 0.717) is 12.2 Å². The van der Waals surface area contributed by atoms with Gasteiger partial charge in [0.2, 0.25) is 11.8 Å². The molecule has 0 aliphatic rings. The van der Waals surface area contributed by atoms with E-state index in [2.05, 4.69) is 5.32 Å². The molecule has 0 saturated heterocycles. The van der Waals surface area contributed by atoms with E-state index in [1.54, 1.807) is 36.4 Å². The molecule has 0 bridgehead atoms. The highest BCUT2D eigenvalue weighted by atomic mass is 32.2. The van der Waals surface area contributed by atoms with Crippen LogP contribution in [0.3, 0.4) is 0 Å². The number of benzene rings is 3. The van der Waals surface area contributed by atoms with Gasteiger partial charge in [-0.15, -0.1) is 0 Å². The molecule has 1 atom stereocenters. The molecule has 0 spiro atoms. The molecule has 208 valence electrons. The Morgan fingerprint density at radius 3 is 2.13 bits per heavy atom. The number of hydrogen-bond acceptors (Lipinski definition) is 5. The van der Waals surface area contributed by atoms with E-state index in [1.165, 1.54) is 24.1 Å². The number of carbonyl (C=O) groups is 2. The van der Waals surface area contributed by atoms with E-state index >= 15 is 0 Å². The Bertz CT molecular complexity index is 1360. The molecule has 0 fully saturated rings. The van der Waals surface area contributed by atoms with E-state index in [0.717, 1.165) is 15.4 Å². The molecule has 3 rings (SSSR count). The zero-order chi connectivity index (χ0) is 28.6. The van der Waals surface area contributed by atoms with Gasteiger partial charge >= 0.3 is 0 Å². The fourth-order valence-electron chi connectivity index (χ4n) is 4.27. The maximum atomic E-state index is 14.1. The lowest BCUT2D eigenvalue weighted by Crippen LogP contribution is -2.53.